The Morgan fingerprint density at radius 3 is 2.48 bits per heavy atom. The van der Waals surface area contributed by atoms with E-state index in [2.05, 4.69) is 20.5 Å². The Balaban J connectivity index is 1.36. The van der Waals surface area contributed by atoms with Crippen LogP contribution in [0.25, 0.3) is 0 Å². The Labute approximate surface area is 202 Å². The molecule has 2 amide bonds. The van der Waals surface area contributed by atoms with Gasteiger partial charge in [0.15, 0.2) is 0 Å². The normalized spacial score (nSPS) is 14.1. The number of amides is 2. The number of aromatic nitrogens is 1. The molecule has 0 spiro atoms. The van der Waals surface area contributed by atoms with Crippen LogP contribution in [0.15, 0.2) is 67.0 Å². The molecule has 4 rings (SSSR count). The van der Waals surface area contributed by atoms with Crippen LogP contribution >= 0.6 is 23.2 Å². The maximum absolute atomic E-state index is 12.9. The van der Waals surface area contributed by atoms with Gasteiger partial charge < -0.3 is 15.5 Å². The van der Waals surface area contributed by atoms with Crippen molar-refractivity contribution >= 4 is 40.7 Å². The molecule has 0 radical (unpaired) electrons. The molecule has 2 aromatic carbocycles. The van der Waals surface area contributed by atoms with E-state index < -0.39 is 0 Å². The van der Waals surface area contributed by atoms with Crippen LogP contribution in [0.2, 0.25) is 10.0 Å². The van der Waals surface area contributed by atoms with Crippen LogP contribution in [0.5, 0.6) is 0 Å². The maximum atomic E-state index is 12.9. The van der Waals surface area contributed by atoms with Crippen LogP contribution in [-0.2, 0) is 6.54 Å². The zero-order valence-electron chi connectivity index (χ0n) is 17.9. The van der Waals surface area contributed by atoms with Gasteiger partial charge in [-0.3, -0.25) is 14.6 Å². The lowest BCUT2D eigenvalue weighted by Gasteiger charge is -2.35. The topological polar surface area (TPSA) is 74.3 Å². The fourth-order valence-electron chi connectivity index (χ4n) is 3.92. The van der Waals surface area contributed by atoms with Gasteiger partial charge >= 0.3 is 0 Å². The average molecular weight is 483 g/mol. The molecule has 1 aliphatic heterocycles. The van der Waals surface area contributed by atoms with E-state index in [1.165, 1.54) is 0 Å². The standard InChI is InChI=1S/C25H24Cl2N4O2/c26-18-7-8-20(22(27)14-18)25(33)30-19-9-12-31(13-10-19)23-6-2-1-5-21(23)24(32)29-16-17-4-3-11-28-15-17/h1-8,11,14-15,19H,9-10,12-13,16H2,(H,29,32)(H,30,33). The summed E-state index contributed by atoms with van der Waals surface area (Å²) in [5.41, 5.74) is 2.89. The van der Waals surface area contributed by atoms with Crippen LogP contribution < -0.4 is 15.5 Å². The molecule has 1 saturated heterocycles. The van der Waals surface area contributed by atoms with E-state index in [0.717, 1.165) is 37.2 Å². The number of benzene rings is 2. The first-order valence-corrected chi connectivity index (χ1v) is 11.5. The number of carbonyl (C=O) groups excluding carboxylic acids is 2. The van der Waals surface area contributed by atoms with Crippen molar-refractivity contribution in [2.75, 3.05) is 18.0 Å². The number of nitrogens with one attached hydrogen (secondary N) is 2. The highest BCUT2D eigenvalue weighted by Gasteiger charge is 2.24. The lowest BCUT2D eigenvalue weighted by Crippen LogP contribution is -2.45. The van der Waals surface area contributed by atoms with E-state index in [-0.39, 0.29) is 17.9 Å². The molecule has 0 saturated carbocycles. The molecule has 6 nitrogen and oxygen atoms in total. The number of para-hydroxylation sites is 1. The largest absolute Gasteiger partial charge is 0.371 e. The van der Waals surface area contributed by atoms with Crippen molar-refractivity contribution in [1.29, 1.82) is 0 Å². The van der Waals surface area contributed by atoms with Crippen molar-refractivity contribution in [2.24, 2.45) is 0 Å². The highest BCUT2D eigenvalue weighted by atomic mass is 35.5. The molecule has 0 unspecified atom stereocenters. The maximum Gasteiger partial charge on any atom is 0.253 e. The van der Waals surface area contributed by atoms with Crippen molar-refractivity contribution in [3.05, 3.63) is 93.7 Å². The third kappa shape index (κ3) is 5.83. The number of rotatable bonds is 6. The molecule has 1 aromatic heterocycles. The summed E-state index contributed by atoms with van der Waals surface area (Å²) in [7, 11) is 0. The molecule has 1 fully saturated rings. The fraction of sp³-hybridized carbons (Fsp3) is 0.240. The van der Waals surface area contributed by atoms with E-state index in [0.29, 0.717) is 27.7 Å². The molecule has 0 aliphatic carbocycles. The van der Waals surface area contributed by atoms with Crippen molar-refractivity contribution < 1.29 is 9.59 Å². The minimum atomic E-state index is -0.203. The molecule has 3 aromatic rings. The molecule has 2 N–H and O–H groups in total. The number of anilines is 1. The van der Waals surface area contributed by atoms with Gasteiger partial charge in [-0.15, -0.1) is 0 Å². The van der Waals surface area contributed by atoms with Crippen molar-refractivity contribution in [1.82, 2.24) is 15.6 Å². The second-order valence-corrected chi connectivity index (χ2v) is 8.76. The average Bonchev–Trinajstić information content (AvgIpc) is 2.83. The van der Waals surface area contributed by atoms with Crippen molar-refractivity contribution in [2.45, 2.75) is 25.4 Å². The molecular weight excluding hydrogens is 459 g/mol. The smallest absolute Gasteiger partial charge is 0.253 e. The van der Waals surface area contributed by atoms with E-state index in [1.54, 1.807) is 30.6 Å². The first-order chi connectivity index (χ1) is 16.0. The summed E-state index contributed by atoms with van der Waals surface area (Å²) in [6.45, 7) is 1.88. The summed E-state index contributed by atoms with van der Waals surface area (Å²) in [6, 6.07) is 16.3. The fourth-order valence-corrected chi connectivity index (χ4v) is 4.42. The van der Waals surface area contributed by atoms with Crippen LogP contribution in [0.3, 0.4) is 0 Å². The SMILES string of the molecule is O=C(NC1CCN(c2ccccc2C(=O)NCc2cccnc2)CC1)c1ccc(Cl)cc1Cl. The summed E-state index contributed by atoms with van der Waals surface area (Å²) in [6.07, 6.45) is 4.98. The number of pyridine rings is 1. The predicted molar refractivity (Wildman–Crippen MR) is 131 cm³/mol. The quantitative estimate of drug-likeness (QED) is 0.533. The third-order valence-corrected chi connectivity index (χ3v) is 6.22. The third-order valence-electron chi connectivity index (χ3n) is 5.67. The summed E-state index contributed by atoms with van der Waals surface area (Å²) in [4.78, 5) is 31.8. The van der Waals surface area contributed by atoms with E-state index in [4.69, 9.17) is 23.2 Å². The molecule has 33 heavy (non-hydrogen) atoms. The van der Waals surface area contributed by atoms with E-state index in [1.807, 2.05) is 36.4 Å². The van der Waals surface area contributed by atoms with Gasteiger partial charge in [0.2, 0.25) is 0 Å². The summed E-state index contributed by atoms with van der Waals surface area (Å²) < 4.78 is 0. The first-order valence-electron chi connectivity index (χ1n) is 10.8. The Bertz CT molecular complexity index is 1130. The lowest BCUT2D eigenvalue weighted by molar-refractivity contribution is 0.0929. The number of hydrogen-bond donors (Lipinski definition) is 2. The lowest BCUT2D eigenvalue weighted by atomic mass is 10.0. The minimum absolute atomic E-state index is 0.0343. The second kappa shape index (κ2) is 10.7. The Hall–Kier alpha value is -3.09. The molecule has 8 heteroatoms. The Morgan fingerprint density at radius 1 is 0.970 bits per heavy atom. The molecule has 0 atom stereocenters. The van der Waals surface area contributed by atoms with Gasteiger partial charge in [-0.05, 0) is 54.8 Å². The predicted octanol–water partition coefficient (Wildman–Crippen LogP) is 4.72. The summed E-state index contributed by atoms with van der Waals surface area (Å²) in [5.74, 6) is -0.326. The number of halogens is 2. The van der Waals surface area contributed by atoms with E-state index in [9.17, 15) is 9.59 Å². The molecule has 1 aliphatic rings. The van der Waals surface area contributed by atoms with Gasteiger partial charge in [-0.1, -0.05) is 41.4 Å². The zero-order valence-corrected chi connectivity index (χ0v) is 19.4. The van der Waals surface area contributed by atoms with Gasteiger partial charge in [0.25, 0.3) is 11.8 Å². The second-order valence-electron chi connectivity index (χ2n) is 7.92. The van der Waals surface area contributed by atoms with Crippen LogP contribution in [0.1, 0.15) is 39.1 Å². The number of piperidine rings is 1. The van der Waals surface area contributed by atoms with Crippen LogP contribution in [-0.4, -0.2) is 35.9 Å². The van der Waals surface area contributed by atoms with Gasteiger partial charge in [0, 0.05) is 48.8 Å². The Kier molecular flexibility index (Phi) is 7.47. The molecule has 0 bridgehead atoms. The van der Waals surface area contributed by atoms with Gasteiger partial charge in [0.1, 0.15) is 0 Å². The van der Waals surface area contributed by atoms with Crippen LogP contribution in [0, 0.1) is 0 Å². The highest BCUT2D eigenvalue weighted by Crippen LogP contribution is 2.25. The van der Waals surface area contributed by atoms with Crippen LogP contribution in [0.4, 0.5) is 5.69 Å². The number of nitrogens with zero attached hydrogens (tertiary/aromatic N) is 2. The van der Waals surface area contributed by atoms with Gasteiger partial charge in [-0.25, -0.2) is 0 Å². The summed E-state index contributed by atoms with van der Waals surface area (Å²) >= 11 is 12.1. The van der Waals surface area contributed by atoms with Crippen molar-refractivity contribution in [3.8, 4) is 0 Å². The summed E-state index contributed by atoms with van der Waals surface area (Å²) in [5, 5.41) is 6.87. The monoisotopic (exact) mass is 482 g/mol. The highest BCUT2D eigenvalue weighted by molar-refractivity contribution is 6.36. The molecule has 2 heterocycles. The number of carbonyl (C=O) groups is 2. The van der Waals surface area contributed by atoms with Crippen molar-refractivity contribution in [3.63, 3.8) is 0 Å². The minimum Gasteiger partial charge on any atom is -0.371 e. The molecule has 170 valence electrons. The van der Waals surface area contributed by atoms with E-state index >= 15 is 0 Å². The first kappa shape index (κ1) is 23.1. The zero-order chi connectivity index (χ0) is 23.2. The van der Waals surface area contributed by atoms with Gasteiger partial charge in [-0.2, -0.15) is 0 Å². The van der Waals surface area contributed by atoms with Gasteiger partial charge in [0.05, 0.1) is 16.1 Å². The number of hydrogen-bond acceptors (Lipinski definition) is 4. The molecular formula is C25H24Cl2N4O2. The Morgan fingerprint density at radius 2 is 1.76 bits per heavy atom.